The maximum atomic E-state index is 11.2. The summed E-state index contributed by atoms with van der Waals surface area (Å²) in [6, 6.07) is 1.23. The summed E-state index contributed by atoms with van der Waals surface area (Å²) in [5.74, 6) is -0.420. The van der Waals surface area contributed by atoms with Crippen LogP contribution in [0.2, 0.25) is 0 Å². The lowest BCUT2D eigenvalue weighted by atomic mass is 10.1. The Bertz CT molecular complexity index is 555. The van der Waals surface area contributed by atoms with Gasteiger partial charge >= 0.3 is 11.4 Å². The van der Waals surface area contributed by atoms with Crippen LogP contribution in [0, 0.1) is 34.1 Å². The van der Waals surface area contributed by atoms with Crippen LogP contribution < -0.4 is 4.74 Å². The first-order chi connectivity index (χ1) is 9.16. The van der Waals surface area contributed by atoms with Gasteiger partial charge in [0.15, 0.2) is 0 Å². The van der Waals surface area contributed by atoms with Gasteiger partial charge in [0.25, 0.3) is 5.75 Å². The first-order valence-corrected chi connectivity index (χ1v) is 5.94. The van der Waals surface area contributed by atoms with Crippen molar-refractivity contribution in [3.63, 3.8) is 0 Å². The summed E-state index contributed by atoms with van der Waals surface area (Å²) in [5.41, 5.74) is -0.189. The highest BCUT2D eigenvalue weighted by atomic mass is 16.6. The molecule has 110 valence electrons. The van der Waals surface area contributed by atoms with Crippen LogP contribution in [0.5, 0.6) is 5.75 Å². The number of aryl methyl sites for hydroxylation is 1. The van der Waals surface area contributed by atoms with E-state index in [2.05, 4.69) is 0 Å². The third kappa shape index (κ3) is 3.02. The molecule has 1 N–H and O–H groups in total. The van der Waals surface area contributed by atoms with E-state index in [9.17, 15) is 25.3 Å². The van der Waals surface area contributed by atoms with E-state index in [0.717, 1.165) is 0 Å². The number of nitro groups is 2. The fraction of sp³-hybridized carbons (Fsp3) is 0.500. The number of aliphatic hydroxyl groups is 1. The number of benzene rings is 1. The smallest absolute Gasteiger partial charge is 0.321 e. The molecule has 0 saturated carbocycles. The van der Waals surface area contributed by atoms with Gasteiger partial charge in [-0.1, -0.05) is 0 Å². The highest BCUT2D eigenvalue weighted by Crippen LogP contribution is 2.41. The molecule has 0 aliphatic heterocycles. The van der Waals surface area contributed by atoms with Crippen LogP contribution in [0.1, 0.15) is 25.0 Å². The average molecular weight is 284 g/mol. The highest BCUT2D eigenvalue weighted by Gasteiger charge is 2.32. The summed E-state index contributed by atoms with van der Waals surface area (Å²) in [6.45, 7) is 5.96. The summed E-state index contributed by atoms with van der Waals surface area (Å²) >= 11 is 0. The molecule has 0 heterocycles. The minimum atomic E-state index is -0.921. The lowest BCUT2D eigenvalue weighted by Crippen LogP contribution is -2.26. The molecular formula is C12H16N2O6. The van der Waals surface area contributed by atoms with Crippen molar-refractivity contribution in [2.45, 2.75) is 39.9 Å². The molecule has 0 amide bonds. The van der Waals surface area contributed by atoms with Gasteiger partial charge in [-0.15, -0.1) is 0 Å². The molecule has 0 fully saturated rings. The van der Waals surface area contributed by atoms with E-state index in [1.807, 2.05) is 0 Å². The van der Waals surface area contributed by atoms with Crippen molar-refractivity contribution in [3.8, 4) is 5.75 Å². The normalized spacial score (nSPS) is 13.7. The molecular weight excluding hydrogens is 268 g/mol. The first kappa shape index (κ1) is 15.8. The topological polar surface area (TPSA) is 116 Å². The molecule has 0 radical (unpaired) electrons. The van der Waals surface area contributed by atoms with Gasteiger partial charge in [0.05, 0.1) is 16.0 Å². The lowest BCUT2D eigenvalue weighted by molar-refractivity contribution is -0.396. The maximum Gasteiger partial charge on any atom is 0.321 e. The third-order valence-electron chi connectivity index (χ3n) is 3.11. The quantitative estimate of drug-likeness (QED) is 0.654. The predicted molar refractivity (Wildman–Crippen MR) is 71.0 cm³/mol. The Morgan fingerprint density at radius 3 is 2.15 bits per heavy atom. The maximum absolute atomic E-state index is 11.2. The van der Waals surface area contributed by atoms with Gasteiger partial charge in [0.2, 0.25) is 0 Å². The Balaban J connectivity index is 3.55. The summed E-state index contributed by atoms with van der Waals surface area (Å²) in [6.07, 6.45) is -1.73. The zero-order chi connectivity index (χ0) is 15.6. The van der Waals surface area contributed by atoms with Crippen LogP contribution in [0.25, 0.3) is 0 Å². The Kier molecular flexibility index (Phi) is 4.61. The minimum absolute atomic E-state index is 0.299. The molecule has 0 spiro atoms. The fourth-order valence-electron chi connectivity index (χ4n) is 1.61. The van der Waals surface area contributed by atoms with Crippen molar-refractivity contribution < 1.29 is 19.7 Å². The van der Waals surface area contributed by atoms with Crippen LogP contribution in [-0.4, -0.2) is 27.2 Å². The van der Waals surface area contributed by atoms with E-state index < -0.39 is 39.2 Å². The van der Waals surface area contributed by atoms with Gasteiger partial charge in [-0.2, -0.15) is 0 Å². The number of nitro benzene ring substituents is 2. The Morgan fingerprint density at radius 2 is 1.75 bits per heavy atom. The fourth-order valence-corrected chi connectivity index (χ4v) is 1.61. The Labute approximate surface area is 115 Å². The van der Waals surface area contributed by atoms with E-state index in [0.29, 0.717) is 11.1 Å². The molecule has 1 rings (SSSR count). The number of nitrogens with zero attached hydrogens (tertiary/aromatic N) is 2. The monoisotopic (exact) mass is 284 g/mol. The van der Waals surface area contributed by atoms with Gasteiger partial charge in [0.1, 0.15) is 6.10 Å². The number of aliphatic hydroxyl groups excluding tert-OH is 1. The molecule has 1 aromatic rings. The Hall–Kier alpha value is -2.22. The van der Waals surface area contributed by atoms with Crippen molar-refractivity contribution in [2.24, 2.45) is 0 Å². The average Bonchev–Trinajstić information content (AvgIpc) is 2.32. The lowest BCUT2D eigenvalue weighted by Gasteiger charge is -2.18. The second kappa shape index (κ2) is 5.83. The van der Waals surface area contributed by atoms with Crippen LogP contribution in [0.4, 0.5) is 11.4 Å². The summed E-state index contributed by atoms with van der Waals surface area (Å²) in [7, 11) is 0. The molecule has 20 heavy (non-hydrogen) atoms. The Morgan fingerprint density at radius 1 is 1.20 bits per heavy atom. The van der Waals surface area contributed by atoms with Crippen molar-refractivity contribution in [1.29, 1.82) is 0 Å². The predicted octanol–water partition coefficient (Wildman–Crippen LogP) is 2.27. The summed E-state index contributed by atoms with van der Waals surface area (Å²) < 4.78 is 5.26. The number of ether oxygens (including phenoxy) is 1. The number of hydrogen-bond acceptors (Lipinski definition) is 6. The van der Waals surface area contributed by atoms with Crippen LogP contribution in [0.3, 0.4) is 0 Å². The van der Waals surface area contributed by atoms with Gasteiger partial charge < -0.3 is 9.84 Å². The minimum Gasteiger partial charge on any atom is -0.476 e. The van der Waals surface area contributed by atoms with Gasteiger partial charge in [-0.05, 0) is 33.3 Å². The van der Waals surface area contributed by atoms with E-state index in [-0.39, 0.29) is 0 Å². The van der Waals surface area contributed by atoms with Crippen molar-refractivity contribution in [3.05, 3.63) is 37.4 Å². The van der Waals surface area contributed by atoms with Crippen molar-refractivity contribution >= 4 is 11.4 Å². The standard InChI is InChI=1S/C12H16N2O6/c1-6-5-10(13(16)17)12(20-9(4)8(3)15)11(7(6)2)14(18)19/h5,8-9,15H,1-4H3. The van der Waals surface area contributed by atoms with Gasteiger partial charge in [-0.3, -0.25) is 20.2 Å². The molecule has 2 unspecified atom stereocenters. The summed E-state index contributed by atoms with van der Waals surface area (Å²) in [4.78, 5) is 20.8. The van der Waals surface area contributed by atoms with E-state index in [4.69, 9.17) is 4.74 Å². The van der Waals surface area contributed by atoms with Crippen LogP contribution in [-0.2, 0) is 0 Å². The van der Waals surface area contributed by atoms with Crippen molar-refractivity contribution in [2.75, 3.05) is 0 Å². The molecule has 0 bridgehead atoms. The largest absolute Gasteiger partial charge is 0.476 e. The molecule has 0 aromatic heterocycles. The molecule has 0 aliphatic carbocycles. The van der Waals surface area contributed by atoms with E-state index in [1.165, 1.54) is 26.8 Å². The molecule has 0 aliphatic rings. The molecule has 0 saturated heterocycles. The van der Waals surface area contributed by atoms with Crippen LogP contribution >= 0.6 is 0 Å². The number of rotatable bonds is 5. The molecule has 1 aromatic carbocycles. The third-order valence-corrected chi connectivity index (χ3v) is 3.11. The molecule has 8 heteroatoms. The molecule has 2 atom stereocenters. The summed E-state index contributed by atoms with van der Waals surface area (Å²) in [5, 5.41) is 31.6. The van der Waals surface area contributed by atoms with E-state index in [1.54, 1.807) is 6.92 Å². The van der Waals surface area contributed by atoms with Gasteiger partial charge in [0, 0.05) is 11.6 Å². The van der Waals surface area contributed by atoms with Crippen LogP contribution in [0.15, 0.2) is 6.07 Å². The van der Waals surface area contributed by atoms with Gasteiger partial charge in [-0.25, -0.2) is 0 Å². The second-order valence-electron chi connectivity index (χ2n) is 4.59. The molecule has 8 nitrogen and oxygen atoms in total. The zero-order valence-electron chi connectivity index (χ0n) is 11.6. The SMILES string of the molecule is Cc1cc([N+](=O)[O-])c(OC(C)C(C)O)c([N+](=O)[O-])c1C. The zero-order valence-corrected chi connectivity index (χ0v) is 11.6. The first-order valence-electron chi connectivity index (χ1n) is 5.94. The highest BCUT2D eigenvalue weighted by molar-refractivity contribution is 5.66. The number of hydrogen-bond donors (Lipinski definition) is 1. The second-order valence-corrected chi connectivity index (χ2v) is 4.59. The van der Waals surface area contributed by atoms with E-state index >= 15 is 0 Å². The van der Waals surface area contributed by atoms with Crippen molar-refractivity contribution in [1.82, 2.24) is 0 Å².